The Morgan fingerprint density at radius 1 is 1.24 bits per heavy atom. The number of carbonyl (C=O) groups is 1. The predicted octanol–water partition coefficient (Wildman–Crippen LogP) is 3.29. The van der Waals surface area contributed by atoms with Crippen LogP contribution in [-0.2, 0) is 4.79 Å². The zero-order valence-electron chi connectivity index (χ0n) is 12.9. The average molecular weight is 291 g/mol. The lowest BCUT2D eigenvalue weighted by Crippen LogP contribution is -2.29. The molecular formula is C17H25NO3. The molecule has 116 valence electrons. The maximum Gasteiger partial charge on any atom is 0.328 e. The van der Waals surface area contributed by atoms with Crippen LogP contribution >= 0.6 is 0 Å². The summed E-state index contributed by atoms with van der Waals surface area (Å²) in [6.07, 6.45) is 5.12. The monoisotopic (exact) mass is 291 g/mol. The molecule has 0 aromatic heterocycles. The van der Waals surface area contributed by atoms with Gasteiger partial charge in [-0.2, -0.15) is 0 Å². The minimum Gasteiger partial charge on any atom is -0.492 e. The van der Waals surface area contributed by atoms with Crippen LogP contribution in [0.4, 0.5) is 0 Å². The summed E-state index contributed by atoms with van der Waals surface area (Å²) in [5.74, 6) is -0.129. The van der Waals surface area contributed by atoms with E-state index >= 15 is 0 Å². The molecule has 21 heavy (non-hydrogen) atoms. The summed E-state index contributed by atoms with van der Waals surface area (Å²) in [5, 5.41) is 8.57. The van der Waals surface area contributed by atoms with Gasteiger partial charge >= 0.3 is 5.97 Å². The summed E-state index contributed by atoms with van der Waals surface area (Å²) in [6, 6.07) is 7.43. The first-order valence-corrected chi connectivity index (χ1v) is 7.52. The maximum atomic E-state index is 10.4. The SMILES string of the molecule is CCCCN(CC)CCOc1ccc(C=CC(=O)O)cc1. The molecule has 0 saturated heterocycles. The van der Waals surface area contributed by atoms with Crippen molar-refractivity contribution >= 4 is 12.0 Å². The van der Waals surface area contributed by atoms with Crippen LogP contribution < -0.4 is 4.74 Å². The van der Waals surface area contributed by atoms with Gasteiger partial charge in [-0.05, 0) is 43.3 Å². The van der Waals surface area contributed by atoms with Crippen LogP contribution in [0.3, 0.4) is 0 Å². The number of aliphatic carboxylic acids is 1. The van der Waals surface area contributed by atoms with E-state index in [1.807, 2.05) is 24.3 Å². The van der Waals surface area contributed by atoms with Crippen molar-refractivity contribution in [1.82, 2.24) is 4.90 Å². The van der Waals surface area contributed by atoms with Crippen LogP contribution in [0.2, 0.25) is 0 Å². The molecule has 0 amide bonds. The van der Waals surface area contributed by atoms with E-state index in [-0.39, 0.29) is 0 Å². The third-order valence-corrected chi connectivity index (χ3v) is 3.25. The zero-order valence-corrected chi connectivity index (χ0v) is 12.9. The van der Waals surface area contributed by atoms with Gasteiger partial charge < -0.3 is 14.7 Å². The lowest BCUT2D eigenvalue weighted by atomic mass is 10.2. The number of hydrogen-bond acceptors (Lipinski definition) is 3. The van der Waals surface area contributed by atoms with Gasteiger partial charge in [0.1, 0.15) is 12.4 Å². The van der Waals surface area contributed by atoms with E-state index in [0.29, 0.717) is 6.61 Å². The summed E-state index contributed by atoms with van der Waals surface area (Å²) in [5.41, 5.74) is 0.850. The number of carboxylic acids is 1. The smallest absolute Gasteiger partial charge is 0.328 e. The molecule has 0 aliphatic carbocycles. The largest absolute Gasteiger partial charge is 0.492 e. The van der Waals surface area contributed by atoms with Crippen molar-refractivity contribution in [1.29, 1.82) is 0 Å². The van der Waals surface area contributed by atoms with Crippen molar-refractivity contribution in [2.75, 3.05) is 26.2 Å². The van der Waals surface area contributed by atoms with Crippen molar-refractivity contribution in [3.63, 3.8) is 0 Å². The Morgan fingerprint density at radius 2 is 1.95 bits per heavy atom. The Kier molecular flexibility index (Phi) is 8.21. The van der Waals surface area contributed by atoms with Gasteiger partial charge in [-0.3, -0.25) is 0 Å². The topological polar surface area (TPSA) is 49.8 Å². The fourth-order valence-corrected chi connectivity index (χ4v) is 1.95. The Balaban J connectivity index is 2.36. The summed E-state index contributed by atoms with van der Waals surface area (Å²) < 4.78 is 5.72. The molecule has 4 heteroatoms. The van der Waals surface area contributed by atoms with Crippen LogP contribution in [0.15, 0.2) is 30.3 Å². The first kappa shape index (κ1) is 17.2. The number of benzene rings is 1. The molecule has 0 spiro atoms. The normalized spacial score (nSPS) is 11.2. The number of hydrogen-bond donors (Lipinski definition) is 1. The van der Waals surface area contributed by atoms with Gasteiger partial charge in [-0.15, -0.1) is 0 Å². The molecule has 0 atom stereocenters. The molecule has 0 unspecified atom stereocenters. The van der Waals surface area contributed by atoms with Crippen LogP contribution in [0, 0.1) is 0 Å². The van der Waals surface area contributed by atoms with Crippen LogP contribution in [0.5, 0.6) is 5.75 Å². The van der Waals surface area contributed by atoms with E-state index in [4.69, 9.17) is 9.84 Å². The maximum absolute atomic E-state index is 10.4. The molecule has 0 bridgehead atoms. The van der Waals surface area contributed by atoms with E-state index in [2.05, 4.69) is 18.7 Å². The summed E-state index contributed by atoms with van der Waals surface area (Å²) in [7, 11) is 0. The third-order valence-electron chi connectivity index (χ3n) is 3.25. The van der Waals surface area contributed by atoms with Gasteiger partial charge in [-0.1, -0.05) is 32.4 Å². The highest BCUT2D eigenvalue weighted by Gasteiger charge is 2.02. The number of nitrogens with zero attached hydrogens (tertiary/aromatic N) is 1. The van der Waals surface area contributed by atoms with Gasteiger partial charge in [0.15, 0.2) is 0 Å². The minimum absolute atomic E-state index is 0.669. The first-order chi connectivity index (χ1) is 10.2. The molecule has 4 nitrogen and oxygen atoms in total. The van der Waals surface area contributed by atoms with Crippen molar-refractivity contribution in [2.24, 2.45) is 0 Å². The summed E-state index contributed by atoms with van der Waals surface area (Å²) in [6.45, 7) is 8.13. The second-order valence-electron chi connectivity index (χ2n) is 4.88. The van der Waals surface area contributed by atoms with E-state index in [9.17, 15) is 4.79 Å². The average Bonchev–Trinajstić information content (AvgIpc) is 2.49. The summed E-state index contributed by atoms with van der Waals surface area (Å²) in [4.78, 5) is 12.8. The highest BCUT2D eigenvalue weighted by molar-refractivity contribution is 5.85. The van der Waals surface area contributed by atoms with Gasteiger partial charge in [0, 0.05) is 12.6 Å². The molecule has 1 rings (SSSR count). The number of ether oxygens (including phenoxy) is 1. The van der Waals surface area contributed by atoms with Crippen LogP contribution in [0.1, 0.15) is 32.3 Å². The highest BCUT2D eigenvalue weighted by Crippen LogP contribution is 2.13. The fraction of sp³-hybridized carbons (Fsp3) is 0.471. The van der Waals surface area contributed by atoms with Crippen LogP contribution in [-0.4, -0.2) is 42.2 Å². The second-order valence-corrected chi connectivity index (χ2v) is 4.88. The molecular weight excluding hydrogens is 266 g/mol. The van der Waals surface area contributed by atoms with Crippen molar-refractivity contribution < 1.29 is 14.6 Å². The molecule has 1 N–H and O–H groups in total. The van der Waals surface area contributed by atoms with E-state index in [1.165, 1.54) is 12.8 Å². The molecule has 0 fully saturated rings. The summed E-state index contributed by atoms with van der Waals surface area (Å²) >= 11 is 0. The van der Waals surface area contributed by atoms with E-state index < -0.39 is 5.97 Å². The second kappa shape index (κ2) is 10.00. The minimum atomic E-state index is -0.943. The number of unbranched alkanes of at least 4 members (excludes halogenated alkanes) is 1. The zero-order chi connectivity index (χ0) is 15.5. The van der Waals surface area contributed by atoms with Gasteiger partial charge in [-0.25, -0.2) is 4.79 Å². The lowest BCUT2D eigenvalue weighted by molar-refractivity contribution is -0.131. The van der Waals surface area contributed by atoms with Crippen molar-refractivity contribution in [2.45, 2.75) is 26.7 Å². The number of carboxylic acid groups (broad SMARTS) is 1. The Morgan fingerprint density at radius 3 is 2.52 bits per heavy atom. The molecule has 1 aromatic carbocycles. The van der Waals surface area contributed by atoms with Crippen molar-refractivity contribution in [3.05, 3.63) is 35.9 Å². The lowest BCUT2D eigenvalue weighted by Gasteiger charge is -2.20. The number of likely N-dealkylation sites (N-methyl/N-ethyl adjacent to an activating group) is 1. The molecule has 0 heterocycles. The molecule has 1 aromatic rings. The standard InChI is InChI=1S/C17H25NO3/c1-3-5-12-18(4-2)13-14-21-16-9-6-15(7-10-16)8-11-17(19)20/h6-11H,3-5,12-14H2,1-2H3,(H,19,20). The molecule has 0 saturated carbocycles. The molecule has 0 aliphatic rings. The van der Waals surface area contributed by atoms with Crippen molar-refractivity contribution in [3.8, 4) is 5.75 Å². The highest BCUT2D eigenvalue weighted by atomic mass is 16.5. The predicted molar refractivity (Wildman–Crippen MR) is 85.6 cm³/mol. The molecule has 0 radical (unpaired) electrons. The van der Waals surface area contributed by atoms with Gasteiger partial charge in [0.25, 0.3) is 0 Å². The quantitative estimate of drug-likeness (QED) is 0.672. The van der Waals surface area contributed by atoms with Crippen LogP contribution in [0.25, 0.3) is 6.08 Å². The Labute approximate surface area is 127 Å². The Hall–Kier alpha value is -1.81. The Bertz CT molecular complexity index is 440. The third kappa shape index (κ3) is 7.51. The first-order valence-electron chi connectivity index (χ1n) is 7.52. The van der Waals surface area contributed by atoms with Gasteiger partial charge in [0.05, 0.1) is 0 Å². The fourth-order valence-electron chi connectivity index (χ4n) is 1.95. The van der Waals surface area contributed by atoms with E-state index in [1.54, 1.807) is 6.08 Å². The number of rotatable bonds is 10. The van der Waals surface area contributed by atoms with Gasteiger partial charge in [0.2, 0.25) is 0 Å². The van der Waals surface area contributed by atoms with E-state index in [0.717, 1.165) is 37.0 Å². The molecule has 0 aliphatic heterocycles.